The van der Waals surface area contributed by atoms with Gasteiger partial charge < -0.3 is 24.4 Å². The number of aliphatic hydroxyl groups is 1. The fraction of sp³-hybridized carbons (Fsp3) is 0.500. The van der Waals surface area contributed by atoms with Gasteiger partial charge in [0.2, 0.25) is 5.82 Å². The first kappa shape index (κ1) is 32.0. The smallest absolute Gasteiger partial charge is 0.309 e. The van der Waals surface area contributed by atoms with Crippen molar-refractivity contribution < 1.29 is 42.4 Å². The zero-order chi connectivity index (χ0) is 31.3. The number of pyridine rings is 1. The minimum atomic E-state index is -1.32. The van der Waals surface area contributed by atoms with Crippen molar-refractivity contribution in [3.8, 4) is 11.5 Å². The Balaban J connectivity index is 1.25. The number of aliphatic hydroxyl groups excluding tert-OH is 1. The number of rotatable bonds is 12. The Morgan fingerprint density at radius 1 is 1.09 bits per heavy atom. The second-order valence-corrected chi connectivity index (χ2v) is 11.5. The van der Waals surface area contributed by atoms with Crippen LogP contribution in [0.5, 0.6) is 11.5 Å². The predicted molar refractivity (Wildman–Crippen MR) is 156 cm³/mol. The van der Waals surface area contributed by atoms with Crippen molar-refractivity contribution in [1.82, 2.24) is 14.8 Å². The number of morpholine rings is 1. The van der Waals surface area contributed by atoms with Gasteiger partial charge in [0.15, 0.2) is 11.6 Å². The summed E-state index contributed by atoms with van der Waals surface area (Å²) in [5.41, 5.74) is 1.31. The summed E-state index contributed by atoms with van der Waals surface area (Å²) < 4.78 is 57.0. The Hall–Kier alpha value is -3.45. The number of carboxylic acid groups (broad SMARTS) is 1. The number of halogens is 3. The van der Waals surface area contributed by atoms with Crippen molar-refractivity contribution >= 4 is 16.9 Å². The summed E-state index contributed by atoms with van der Waals surface area (Å²) >= 11 is 0. The number of hydrogen-bond acceptors (Lipinski definition) is 8. The number of methoxy groups -OCH3 is 1. The van der Waals surface area contributed by atoms with Gasteiger partial charge in [-0.2, -0.15) is 4.39 Å². The van der Waals surface area contributed by atoms with Crippen LogP contribution in [0, 0.1) is 22.9 Å². The number of carboxylic acids is 1. The second kappa shape index (κ2) is 14.1. The van der Waals surface area contributed by atoms with Crippen LogP contribution in [0.4, 0.5) is 13.2 Å². The monoisotopic (exact) mass is 617 g/mol. The van der Waals surface area contributed by atoms with Gasteiger partial charge in [0, 0.05) is 49.9 Å². The van der Waals surface area contributed by atoms with Gasteiger partial charge in [-0.3, -0.25) is 19.6 Å². The molecule has 2 saturated heterocycles. The highest BCUT2D eigenvalue weighted by molar-refractivity contribution is 5.85. The largest absolute Gasteiger partial charge is 0.497 e. The summed E-state index contributed by atoms with van der Waals surface area (Å²) in [6, 6.07) is 6.78. The van der Waals surface area contributed by atoms with E-state index in [1.807, 2.05) is 23.1 Å². The Morgan fingerprint density at radius 2 is 1.84 bits per heavy atom. The van der Waals surface area contributed by atoms with E-state index in [1.165, 1.54) is 0 Å². The zero-order valence-electron chi connectivity index (χ0n) is 24.7. The number of nitrogens with zero attached hydrogens (tertiary/aromatic N) is 3. The number of hydrogen-bond donors (Lipinski definition) is 2. The molecule has 0 aliphatic carbocycles. The lowest BCUT2D eigenvalue weighted by Gasteiger charge is -2.39. The lowest BCUT2D eigenvalue weighted by atomic mass is 9.74. The number of likely N-dealkylation sites (tertiary alicyclic amines) is 1. The molecule has 0 spiro atoms. The number of benzene rings is 2. The van der Waals surface area contributed by atoms with E-state index in [2.05, 4.69) is 9.88 Å². The molecule has 2 fully saturated rings. The highest BCUT2D eigenvalue weighted by Crippen LogP contribution is 2.40. The average molecular weight is 618 g/mol. The van der Waals surface area contributed by atoms with Crippen LogP contribution in [0.1, 0.15) is 42.9 Å². The first-order chi connectivity index (χ1) is 21.2. The molecule has 238 valence electrons. The topological polar surface area (TPSA) is 105 Å². The molecule has 1 atom stereocenters. The fourth-order valence-electron chi connectivity index (χ4n) is 6.14. The van der Waals surface area contributed by atoms with Crippen molar-refractivity contribution in [2.75, 3.05) is 59.7 Å². The molecule has 9 nitrogen and oxygen atoms in total. The van der Waals surface area contributed by atoms with Crippen LogP contribution >= 0.6 is 0 Å². The molecule has 0 unspecified atom stereocenters. The molecule has 2 aliphatic rings. The normalized spacial score (nSPS) is 18.3. The molecule has 1 aromatic heterocycles. The Labute approximate surface area is 254 Å². The SMILES string of the molecule is COc1ccc2ncc(CN3CCOCC3)c([C@@H](O)CCC3(C(=O)O)CCN(CCOc4cc(F)cc(F)c4F)CC3)c2c1. The summed E-state index contributed by atoms with van der Waals surface area (Å²) in [5.74, 6) is -4.27. The number of piperidine rings is 1. The third-order valence-corrected chi connectivity index (χ3v) is 8.82. The van der Waals surface area contributed by atoms with Crippen LogP contribution in [0.2, 0.25) is 0 Å². The summed E-state index contributed by atoms with van der Waals surface area (Å²) in [5, 5.41) is 22.7. The highest BCUT2D eigenvalue weighted by Gasteiger charge is 2.41. The van der Waals surface area contributed by atoms with E-state index in [0.29, 0.717) is 64.1 Å². The minimum Gasteiger partial charge on any atom is -0.497 e. The van der Waals surface area contributed by atoms with E-state index in [-0.39, 0.29) is 19.4 Å². The maximum absolute atomic E-state index is 13.9. The van der Waals surface area contributed by atoms with E-state index in [9.17, 15) is 28.2 Å². The third kappa shape index (κ3) is 7.26. The van der Waals surface area contributed by atoms with Crippen molar-refractivity contribution in [2.45, 2.75) is 38.3 Å². The zero-order valence-corrected chi connectivity index (χ0v) is 24.7. The van der Waals surface area contributed by atoms with Gasteiger partial charge in [-0.1, -0.05) is 0 Å². The summed E-state index contributed by atoms with van der Waals surface area (Å²) in [4.78, 5) is 21.4. The molecule has 0 radical (unpaired) electrons. The molecule has 0 bridgehead atoms. The van der Waals surface area contributed by atoms with E-state index in [1.54, 1.807) is 13.3 Å². The maximum Gasteiger partial charge on any atom is 0.309 e. The van der Waals surface area contributed by atoms with Gasteiger partial charge in [0.05, 0.1) is 37.4 Å². The molecular weight excluding hydrogens is 579 g/mol. The van der Waals surface area contributed by atoms with Crippen molar-refractivity contribution in [2.24, 2.45) is 5.41 Å². The Kier molecular flexibility index (Phi) is 10.2. The van der Waals surface area contributed by atoms with Gasteiger partial charge in [0.25, 0.3) is 0 Å². The van der Waals surface area contributed by atoms with Crippen LogP contribution in [-0.4, -0.2) is 90.6 Å². The van der Waals surface area contributed by atoms with Crippen LogP contribution in [0.3, 0.4) is 0 Å². The first-order valence-corrected chi connectivity index (χ1v) is 14.9. The molecule has 12 heteroatoms. The molecule has 0 amide bonds. The van der Waals surface area contributed by atoms with Crippen LogP contribution < -0.4 is 9.47 Å². The van der Waals surface area contributed by atoms with Crippen LogP contribution in [0.25, 0.3) is 10.9 Å². The standard InChI is InChI=1S/C32H38F3N3O6/c1-42-23-2-3-26-24(18-23)29(21(19-36-26)20-38-10-13-43-14-11-38)27(39)4-5-32(31(40)41)6-8-37(9-7-32)12-15-44-28-17-22(33)16-25(34)30(28)35/h2-3,16-19,27,39H,4-15,20H2,1H3,(H,40,41)/t27-/m0/s1. The lowest BCUT2D eigenvalue weighted by Crippen LogP contribution is -2.45. The van der Waals surface area contributed by atoms with Gasteiger partial charge in [-0.15, -0.1) is 0 Å². The number of aromatic nitrogens is 1. The average Bonchev–Trinajstić information content (AvgIpc) is 3.02. The Bertz CT molecular complexity index is 1460. The summed E-state index contributed by atoms with van der Waals surface area (Å²) in [7, 11) is 1.58. The molecule has 2 N–H and O–H groups in total. The molecule has 3 heterocycles. The highest BCUT2D eigenvalue weighted by atomic mass is 19.2. The molecular formula is C32H38F3N3O6. The van der Waals surface area contributed by atoms with Gasteiger partial charge in [0.1, 0.15) is 18.2 Å². The Morgan fingerprint density at radius 3 is 2.55 bits per heavy atom. The maximum atomic E-state index is 13.9. The van der Waals surface area contributed by atoms with Crippen molar-refractivity contribution in [3.05, 3.63) is 65.1 Å². The molecule has 2 aliphatic heterocycles. The molecule has 5 rings (SSSR count). The van der Waals surface area contributed by atoms with Crippen LogP contribution in [0.15, 0.2) is 36.5 Å². The minimum absolute atomic E-state index is 0.0108. The third-order valence-electron chi connectivity index (χ3n) is 8.82. The number of carbonyl (C=O) groups is 1. The quantitative estimate of drug-likeness (QED) is 0.283. The summed E-state index contributed by atoms with van der Waals surface area (Å²) in [6.07, 6.45) is 2.08. The van der Waals surface area contributed by atoms with Gasteiger partial charge >= 0.3 is 5.97 Å². The van der Waals surface area contributed by atoms with E-state index in [0.717, 1.165) is 41.2 Å². The van der Waals surface area contributed by atoms with E-state index < -0.39 is 40.7 Å². The molecule has 3 aromatic rings. The number of fused-ring (bicyclic) bond motifs is 1. The first-order valence-electron chi connectivity index (χ1n) is 14.9. The van der Waals surface area contributed by atoms with E-state index in [4.69, 9.17) is 14.2 Å². The van der Waals surface area contributed by atoms with Crippen LogP contribution in [-0.2, 0) is 16.1 Å². The molecule has 0 saturated carbocycles. The van der Waals surface area contributed by atoms with Crippen molar-refractivity contribution in [1.29, 1.82) is 0 Å². The van der Waals surface area contributed by atoms with Gasteiger partial charge in [-0.05, 0) is 68.1 Å². The van der Waals surface area contributed by atoms with E-state index >= 15 is 0 Å². The van der Waals surface area contributed by atoms with Crippen molar-refractivity contribution in [3.63, 3.8) is 0 Å². The number of aliphatic carboxylic acids is 1. The fourth-order valence-corrected chi connectivity index (χ4v) is 6.14. The second-order valence-electron chi connectivity index (χ2n) is 11.5. The molecule has 2 aromatic carbocycles. The summed E-state index contributed by atoms with van der Waals surface area (Å²) in [6.45, 7) is 4.62. The lowest BCUT2D eigenvalue weighted by molar-refractivity contribution is -0.153. The predicted octanol–water partition coefficient (Wildman–Crippen LogP) is 4.55. The number of ether oxygens (including phenoxy) is 3. The molecule has 44 heavy (non-hydrogen) atoms. The van der Waals surface area contributed by atoms with Gasteiger partial charge in [-0.25, -0.2) is 8.78 Å².